The third-order valence-corrected chi connectivity index (χ3v) is 2.31. The predicted molar refractivity (Wildman–Crippen MR) is 65.8 cm³/mol. The van der Waals surface area contributed by atoms with E-state index in [0.29, 0.717) is 12.2 Å². The van der Waals surface area contributed by atoms with E-state index in [-0.39, 0.29) is 5.82 Å². The zero-order valence-electron chi connectivity index (χ0n) is 9.79. The van der Waals surface area contributed by atoms with Crippen LogP contribution in [0.25, 0.3) is 6.08 Å². The van der Waals surface area contributed by atoms with Crippen molar-refractivity contribution in [2.75, 3.05) is 13.2 Å². The fourth-order valence-electron chi connectivity index (χ4n) is 1.39. The third-order valence-electron chi connectivity index (χ3n) is 2.31. The summed E-state index contributed by atoms with van der Waals surface area (Å²) in [5.41, 5.74) is 0.611. The Morgan fingerprint density at radius 3 is 2.81 bits per heavy atom. The minimum Gasteiger partial charge on any atom is -0.377 e. The molecule has 0 radical (unpaired) electrons. The molecule has 0 N–H and O–H groups in total. The van der Waals surface area contributed by atoms with Crippen LogP contribution in [0.2, 0.25) is 0 Å². The number of benzene rings is 1. The summed E-state index contributed by atoms with van der Waals surface area (Å²) >= 11 is 0. The lowest BCUT2D eigenvalue weighted by atomic mass is 10.2. The zero-order valence-corrected chi connectivity index (χ0v) is 9.79. The molecule has 0 aromatic heterocycles. The van der Waals surface area contributed by atoms with Crippen molar-refractivity contribution in [3.05, 3.63) is 41.7 Å². The first-order valence-electron chi connectivity index (χ1n) is 5.83. The van der Waals surface area contributed by atoms with E-state index in [9.17, 15) is 4.39 Å². The molecule has 2 heteroatoms. The molecule has 0 atom stereocenters. The van der Waals surface area contributed by atoms with Crippen molar-refractivity contribution in [3.63, 3.8) is 0 Å². The molecule has 0 saturated heterocycles. The molecule has 0 unspecified atom stereocenters. The highest BCUT2D eigenvalue weighted by molar-refractivity contribution is 5.49. The summed E-state index contributed by atoms with van der Waals surface area (Å²) in [5.74, 6) is -0.190. The van der Waals surface area contributed by atoms with Gasteiger partial charge in [-0.3, -0.25) is 0 Å². The maximum atomic E-state index is 13.2. The van der Waals surface area contributed by atoms with Gasteiger partial charge >= 0.3 is 0 Å². The van der Waals surface area contributed by atoms with E-state index in [0.717, 1.165) is 13.0 Å². The van der Waals surface area contributed by atoms with E-state index in [4.69, 9.17) is 4.74 Å². The quantitative estimate of drug-likeness (QED) is 0.632. The summed E-state index contributed by atoms with van der Waals surface area (Å²) in [6.07, 6.45) is 7.12. The first-order chi connectivity index (χ1) is 7.84. The molecule has 88 valence electrons. The Balaban J connectivity index is 2.20. The van der Waals surface area contributed by atoms with Crippen LogP contribution in [0.4, 0.5) is 4.39 Å². The summed E-state index contributed by atoms with van der Waals surface area (Å²) in [6, 6.07) is 6.73. The van der Waals surface area contributed by atoms with Gasteiger partial charge in [-0.2, -0.15) is 0 Å². The van der Waals surface area contributed by atoms with E-state index in [2.05, 4.69) is 6.92 Å². The second-order valence-electron chi connectivity index (χ2n) is 3.71. The fourth-order valence-corrected chi connectivity index (χ4v) is 1.39. The van der Waals surface area contributed by atoms with Gasteiger partial charge < -0.3 is 4.74 Å². The van der Waals surface area contributed by atoms with E-state index >= 15 is 0 Å². The Bertz CT molecular complexity index is 320. The van der Waals surface area contributed by atoms with Crippen LogP contribution in [0, 0.1) is 5.82 Å². The maximum absolute atomic E-state index is 13.2. The van der Waals surface area contributed by atoms with Gasteiger partial charge in [-0.1, -0.05) is 50.1 Å². The van der Waals surface area contributed by atoms with Crippen molar-refractivity contribution in [1.82, 2.24) is 0 Å². The highest BCUT2D eigenvalue weighted by atomic mass is 19.1. The molecular weight excluding hydrogens is 203 g/mol. The average molecular weight is 222 g/mol. The molecule has 1 aromatic carbocycles. The van der Waals surface area contributed by atoms with Gasteiger partial charge in [0.15, 0.2) is 0 Å². The number of ether oxygens (including phenoxy) is 1. The van der Waals surface area contributed by atoms with Crippen molar-refractivity contribution in [3.8, 4) is 0 Å². The maximum Gasteiger partial charge on any atom is 0.130 e. The van der Waals surface area contributed by atoms with E-state index in [1.807, 2.05) is 12.1 Å². The fraction of sp³-hybridized carbons (Fsp3) is 0.429. The zero-order chi connectivity index (χ0) is 11.6. The molecule has 0 aliphatic heterocycles. The normalized spacial score (nSPS) is 11.1. The van der Waals surface area contributed by atoms with Gasteiger partial charge in [0, 0.05) is 12.2 Å². The standard InChI is InChI=1S/C14H19FO/c1-2-3-6-11-16-12-7-9-13-8-4-5-10-14(13)15/h4-5,7-10H,2-3,6,11-12H2,1H3/b9-7+. The van der Waals surface area contributed by atoms with Crippen molar-refractivity contribution >= 4 is 6.08 Å². The highest BCUT2D eigenvalue weighted by Gasteiger charge is 1.94. The van der Waals surface area contributed by atoms with Gasteiger partial charge in [0.25, 0.3) is 0 Å². The Morgan fingerprint density at radius 2 is 2.06 bits per heavy atom. The van der Waals surface area contributed by atoms with Crippen LogP contribution in [0.1, 0.15) is 31.7 Å². The van der Waals surface area contributed by atoms with Crippen molar-refractivity contribution < 1.29 is 9.13 Å². The Hall–Kier alpha value is -1.15. The van der Waals surface area contributed by atoms with E-state index < -0.39 is 0 Å². The predicted octanol–water partition coefficient (Wildman–Crippen LogP) is 4.05. The summed E-state index contributed by atoms with van der Waals surface area (Å²) in [6.45, 7) is 3.51. The first-order valence-corrected chi connectivity index (χ1v) is 5.83. The van der Waals surface area contributed by atoms with E-state index in [1.54, 1.807) is 18.2 Å². The SMILES string of the molecule is CCCCCOC/C=C/c1ccccc1F. The molecule has 0 saturated carbocycles. The number of halogens is 1. The molecule has 0 bridgehead atoms. The van der Waals surface area contributed by atoms with Gasteiger partial charge in [0.1, 0.15) is 5.82 Å². The minimum atomic E-state index is -0.190. The minimum absolute atomic E-state index is 0.190. The second-order valence-corrected chi connectivity index (χ2v) is 3.71. The molecule has 1 aromatic rings. The molecular formula is C14H19FO. The van der Waals surface area contributed by atoms with Gasteiger partial charge in [0.2, 0.25) is 0 Å². The van der Waals surface area contributed by atoms with Crippen LogP contribution in [0.15, 0.2) is 30.3 Å². The third kappa shape index (κ3) is 5.08. The van der Waals surface area contributed by atoms with Crippen LogP contribution in [0.3, 0.4) is 0 Å². The lowest BCUT2D eigenvalue weighted by Gasteiger charge is -1.99. The second kappa shape index (κ2) is 8.05. The Kier molecular flexibility index (Phi) is 6.50. The van der Waals surface area contributed by atoms with Crippen molar-refractivity contribution in [2.24, 2.45) is 0 Å². The largest absolute Gasteiger partial charge is 0.377 e. The molecule has 1 nitrogen and oxygen atoms in total. The van der Waals surface area contributed by atoms with Crippen LogP contribution in [0.5, 0.6) is 0 Å². The molecule has 0 aliphatic carbocycles. The summed E-state index contributed by atoms with van der Waals surface area (Å²) in [4.78, 5) is 0. The average Bonchev–Trinajstić information content (AvgIpc) is 2.30. The van der Waals surface area contributed by atoms with Crippen molar-refractivity contribution in [1.29, 1.82) is 0 Å². The van der Waals surface area contributed by atoms with Gasteiger partial charge in [-0.25, -0.2) is 4.39 Å². The summed E-state index contributed by atoms with van der Waals surface area (Å²) in [7, 11) is 0. The molecule has 0 amide bonds. The lowest BCUT2D eigenvalue weighted by Crippen LogP contribution is -1.93. The topological polar surface area (TPSA) is 9.23 Å². The molecule has 1 rings (SSSR count). The molecule has 0 spiro atoms. The molecule has 0 aliphatic rings. The smallest absolute Gasteiger partial charge is 0.130 e. The molecule has 0 heterocycles. The van der Waals surface area contributed by atoms with Gasteiger partial charge in [-0.15, -0.1) is 0 Å². The number of unbranched alkanes of at least 4 members (excludes halogenated alkanes) is 2. The van der Waals surface area contributed by atoms with Crippen molar-refractivity contribution in [2.45, 2.75) is 26.2 Å². The number of hydrogen-bond donors (Lipinski definition) is 0. The first kappa shape index (κ1) is 12.9. The number of hydrogen-bond acceptors (Lipinski definition) is 1. The highest BCUT2D eigenvalue weighted by Crippen LogP contribution is 2.07. The van der Waals surface area contributed by atoms with Crippen LogP contribution < -0.4 is 0 Å². The van der Waals surface area contributed by atoms with Gasteiger partial charge in [-0.05, 0) is 12.5 Å². The summed E-state index contributed by atoms with van der Waals surface area (Å²) < 4.78 is 18.6. The van der Waals surface area contributed by atoms with Crippen LogP contribution >= 0.6 is 0 Å². The molecule has 16 heavy (non-hydrogen) atoms. The van der Waals surface area contributed by atoms with Gasteiger partial charge in [0.05, 0.1) is 6.61 Å². The summed E-state index contributed by atoms with van der Waals surface area (Å²) in [5, 5.41) is 0. The number of rotatable bonds is 7. The van der Waals surface area contributed by atoms with Crippen LogP contribution in [-0.2, 0) is 4.74 Å². The monoisotopic (exact) mass is 222 g/mol. The van der Waals surface area contributed by atoms with E-state index in [1.165, 1.54) is 18.9 Å². The molecule has 0 fully saturated rings. The Morgan fingerprint density at radius 1 is 1.25 bits per heavy atom. The van der Waals surface area contributed by atoms with Crippen LogP contribution in [-0.4, -0.2) is 13.2 Å². The lowest BCUT2D eigenvalue weighted by molar-refractivity contribution is 0.158. The Labute approximate surface area is 96.9 Å².